The Morgan fingerprint density at radius 1 is 1.00 bits per heavy atom. The van der Waals surface area contributed by atoms with E-state index in [0.29, 0.717) is 17.5 Å². The van der Waals surface area contributed by atoms with Gasteiger partial charge in [0.25, 0.3) is 11.8 Å². The molecule has 2 heterocycles. The van der Waals surface area contributed by atoms with Crippen LogP contribution >= 0.6 is 0 Å². The smallest absolute Gasteiger partial charge is 0.306 e. The molecule has 1 fully saturated rings. The zero-order chi connectivity index (χ0) is 13.9. The second-order valence-electron chi connectivity index (χ2n) is 5.22. The van der Waals surface area contributed by atoms with Crippen LogP contribution in [0.5, 0.6) is 0 Å². The molecule has 1 saturated heterocycles. The first-order valence-electron chi connectivity index (χ1n) is 6.51. The molecular weight excluding hydrogens is 258 g/mol. The average molecular weight is 269 g/mol. The van der Waals surface area contributed by atoms with Gasteiger partial charge in [0, 0.05) is 5.92 Å². The number of carbonyl (C=O) groups excluding carboxylic acids is 3. The first-order chi connectivity index (χ1) is 9.66. The molecular formula is C15H11NO4. The van der Waals surface area contributed by atoms with Crippen molar-refractivity contribution in [2.45, 2.75) is 18.6 Å². The molecule has 0 N–H and O–H groups in total. The molecule has 20 heavy (non-hydrogen) atoms. The molecule has 0 aromatic heterocycles. The Kier molecular flexibility index (Phi) is 2.16. The van der Waals surface area contributed by atoms with Gasteiger partial charge in [0.2, 0.25) is 0 Å². The maximum absolute atomic E-state index is 12.4. The van der Waals surface area contributed by atoms with Gasteiger partial charge < -0.3 is 4.74 Å². The zero-order valence-corrected chi connectivity index (χ0v) is 10.5. The highest BCUT2D eigenvalue weighted by Gasteiger charge is 2.49. The third kappa shape index (κ3) is 1.35. The van der Waals surface area contributed by atoms with Crippen LogP contribution in [0.15, 0.2) is 36.4 Å². The van der Waals surface area contributed by atoms with Gasteiger partial charge in [-0.3, -0.25) is 19.3 Å². The van der Waals surface area contributed by atoms with Crippen molar-refractivity contribution in [2.24, 2.45) is 5.92 Å². The summed E-state index contributed by atoms with van der Waals surface area (Å²) in [6.07, 6.45) is 3.55. The number of nitrogens with zero attached hydrogens (tertiary/aromatic N) is 1. The molecule has 1 aliphatic carbocycles. The Labute approximate surface area is 114 Å². The lowest BCUT2D eigenvalue weighted by atomic mass is 10.0. The molecule has 4 rings (SSSR count). The minimum atomic E-state index is -0.487. The minimum absolute atomic E-state index is 0.0307. The van der Waals surface area contributed by atoms with Crippen LogP contribution in [0.1, 0.15) is 27.1 Å². The Hall–Kier alpha value is -2.43. The van der Waals surface area contributed by atoms with Crippen LogP contribution in [0.3, 0.4) is 0 Å². The molecule has 5 nitrogen and oxygen atoms in total. The lowest BCUT2D eigenvalue weighted by molar-refractivity contribution is -0.142. The number of hydrogen-bond donors (Lipinski definition) is 0. The maximum Gasteiger partial charge on any atom is 0.306 e. The zero-order valence-electron chi connectivity index (χ0n) is 10.5. The normalized spacial score (nSPS) is 30.7. The van der Waals surface area contributed by atoms with Crippen molar-refractivity contribution >= 4 is 17.8 Å². The van der Waals surface area contributed by atoms with Gasteiger partial charge in [-0.1, -0.05) is 24.3 Å². The molecule has 1 aromatic carbocycles. The van der Waals surface area contributed by atoms with E-state index in [2.05, 4.69) is 0 Å². The summed E-state index contributed by atoms with van der Waals surface area (Å²) in [6, 6.07) is 6.27. The molecule has 2 amide bonds. The van der Waals surface area contributed by atoms with Gasteiger partial charge in [-0.25, -0.2) is 0 Å². The number of benzene rings is 1. The van der Waals surface area contributed by atoms with Crippen LogP contribution in [0, 0.1) is 5.92 Å². The van der Waals surface area contributed by atoms with Crippen molar-refractivity contribution < 1.29 is 19.1 Å². The fourth-order valence-corrected chi connectivity index (χ4v) is 3.17. The van der Waals surface area contributed by atoms with E-state index >= 15 is 0 Å². The fourth-order valence-electron chi connectivity index (χ4n) is 3.17. The Bertz CT molecular complexity index is 643. The second-order valence-corrected chi connectivity index (χ2v) is 5.22. The summed E-state index contributed by atoms with van der Waals surface area (Å²) in [5, 5.41) is 0. The Morgan fingerprint density at radius 2 is 1.65 bits per heavy atom. The van der Waals surface area contributed by atoms with Gasteiger partial charge in [0.05, 0.1) is 23.6 Å². The third-order valence-electron chi connectivity index (χ3n) is 4.11. The molecule has 0 bridgehead atoms. The topological polar surface area (TPSA) is 63.7 Å². The van der Waals surface area contributed by atoms with Crippen molar-refractivity contribution in [3.8, 4) is 0 Å². The van der Waals surface area contributed by atoms with E-state index in [1.807, 2.05) is 6.08 Å². The molecule has 0 unspecified atom stereocenters. The van der Waals surface area contributed by atoms with E-state index in [1.165, 1.54) is 4.90 Å². The molecule has 0 saturated carbocycles. The summed E-state index contributed by atoms with van der Waals surface area (Å²) in [5.74, 6) is -0.935. The lowest BCUT2D eigenvalue weighted by Gasteiger charge is -2.25. The summed E-state index contributed by atoms with van der Waals surface area (Å²) in [5.41, 5.74) is 0.831. The van der Waals surface area contributed by atoms with Crippen LogP contribution < -0.4 is 0 Å². The summed E-state index contributed by atoms with van der Waals surface area (Å²) in [7, 11) is 0. The van der Waals surface area contributed by atoms with E-state index < -0.39 is 12.1 Å². The number of esters is 1. The van der Waals surface area contributed by atoms with Crippen LogP contribution in [0.25, 0.3) is 0 Å². The fraction of sp³-hybridized carbons (Fsp3) is 0.267. The van der Waals surface area contributed by atoms with E-state index in [0.717, 1.165) is 0 Å². The van der Waals surface area contributed by atoms with E-state index in [4.69, 9.17) is 4.74 Å². The summed E-state index contributed by atoms with van der Waals surface area (Å²) >= 11 is 0. The number of carbonyl (C=O) groups is 3. The third-order valence-corrected chi connectivity index (χ3v) is 4.11. The SMILES string of the molecule is O=C1C[C@@H]2C=C[C@@H](N3C(=O)c4ccccc4C3=O)[C@@H]2O1. The highest BCUT2D eigenvalue weighted by Crippen LogP contribution is 2.37. The molecule has 3 aliphatic rings. The minimum Gasteiger partial charge on any atom is -0.459 e. The van der Waals surface area contributed by atoms with Gasteiger partial charge >= 0.3 is 5.97 Å². The molecule has 0 spiro atoms. The maximum atomic E-state index is 12.4. The molecule has 0 radical (unpaired) electrons. The number of fused-ring (bicyclic) bond motifs is 2. The average Bonchev–Trinajstić information content (AvgIpc) is 3.05. The number of rotatable bonds is 1. The Balaban J connectivity index is 1.72. The Morgan fingerprint density at radius 3 is 2.30 bits per heavy atom. The molecule has 3 atom stereocenters. The van der Waals surface area contributed by atoms with Gasteiger partial charge in [0.15, 0.2) is 0 Å². The largest absolute Gasteiger partial charge is 0.459 e. The van der Waals surface area contributed by atoms with Crippen LogP contribution in [0.2, 0.25) is 0 Å². The number of imide groups is 1. The van der Waals surface area contributed by atoms with Crippen LogP contribution in [-0.2, 0) is 9.53 Å². The van der Waals surface area contributed by atoms with E-state index in [1.54, 1.807) is 30.3 Å². The predicted octanol–water partition coefficient (Wildman–Crippen LogP) is 1.15. The standard InChI is InChI=1S/C15H11NO4/c17-12-7-8-5-6-11(13(8)20-12)16-14(18)9-3-1-2-4-10(9)15(16)19/h1-6,8,11,13H,7H2/t8-,11+,13+/m0/s1. The van der Waals surface area contributed by atoms with Gasteiger partial charge in [-0.2, -0.15) is 0 Å². The summed E-state index contributed by atoms with van der Waals surface area (Å²) in [4.78, 5) is 37.4. The predicted molar refractivity (Wildman–Crippen MR) is 67.9 cm³/mol. The first kappa shape index (κ1) is 11.4. The lowest BCUT2D eigenvalue weighted by Crippen LogP contribution is -2.45. The van der Waals surface area contributed by atoms with Crippen molar-refractivity contribution in [1.29, 1.82) is 0 Å². The number of ether oxygens (including phenoxy) is 1. The van der Waals surface area contributed by atoms with Crippen molar-refractivity contribution in [2.75, 3.05) is 0 Å². The monoisotopic (exact) mass is 269 g/mol. The van der Waals surface area contributed by atoms with E-state index in [-0.39, 0.29) is 23.7 Å². The van der Waals surface area contributed by atoms with Crippen molar-refractivity contribution in [3.05, 3.63) is 47.5 Å². The van der Waals surface area contributed by atoms with Gasteiger partial charge in [-0.05, 0) is 12.1 Å². The molecule has 100 valence electrons. The van der Waals surface area contributed by atoms with Crippen molar-refractivity contribution in [3.63, 3.8) is 0 Å². The highest BCUT2D eigenvalue weighted by molar-refractivity contribution is 6.21. The number of amides is 2. The quantitative estimate of drug-likeness (QED) is 0.436. The summed E-state index contributed by atoms with van der Waals surface area (Å²) < 4.78 is 5.26. The van der Waals surface area contributed by atoms with Crippen LogP contribution in [0.4, 0.5) is 0 Å². The van der Waals surface area contributed by atoms with Crippen molar-refractivity contribution in [1.82, 2.24) is 4.90 Å². The first-order valence-corrected chi connectivity index (χ1v) is 6.51. The van der Waals surface area contributed by atoms with Gasteiger partial charge in [0.1, 0.15) is 6.10 Å². The van der Waals surface area contributed by atoms with Crippen LogP contribution in [-0.4, -0.2) is 34.8 Å². The summed E-state index contributed by atoms with van der Waals surface area (Å²) in [6.45, 7) is 0. The number of hydrogen-bond acceptors (Lipinski definition) is 4. The van der Waals surface area contributed by atoms with Gasteiger partial charge in [-0.15, -0.1) is 0 Å². The molecule has 2 aliphatic heterocycles. The molecule has 1 aromatic rings. The highest BCUT2D eigenvalue weighted by atomic mass is 16.6. The second kappa shape index (κ2) is 3.79. The molecule has 5 heteroatoms. The van der Waals surface area contributed by atoms with E-state index in [9.17, 15) is 14.4 Å².